The number of nitrogens with one attached hydrogen (secondary N) is 1. The molecular formula is C30H59NO3. The zero-order valence-corrected chi connectivity index (χ0v) is 22.9. The predicted molar refractivity (Wildman–Crippen MR) is 147 cm³/mol. The van der Waals surface area contributed by atoms with Crippen molar-refractivity contribution in [3.63, 3.8) is 0 Å². The molecule has 0 saturated carbocycles. The van der Waals surface area contributed by atoms with Gasteiger partial charge in [-0.3, -0.25) is 4.79 Å². The summed E-state index contributed by atoms with van der Waals surface area (Å²) in [5.74, 6) is -0.0679. The Morgan fingerprint density at radius 2 is 1.09 bits per heavy atom. The summed E-state index contributed by atoms with van der Waals surface area (Å²) in [5, 5.41) is 22.7. The fourth-order valence-corrected chi connectivity index (χ4v) is 4.41. The number of carbonyl (C=O) groups excluding carboxylic acids is 1. The minimum atomic E-state index is -0.829. The molecule has 0 fully saturated rings. The highest BCUT2D eigenvalue weighted by molar-refractivity contribution is 5.76. The van der Waals surface area contributed by atoms with Crippen LogP contribution < -0.4 is 5.32 Å². The molecule has 34 heavy (non-hydrogen) atoms. The molecule has 2 atom stereocenters. The SMILES string of the molecule is CCCCCCCCCC/C=C/[C@@H](O)[C@H](CO)NC(=O)CCCCCCCCCCCCCC. The number of hydrogen-bond donors (Lipinski definition) is 3. The number of hydrogen-bond acceptors (Lipinski definition) is 3. The van der Waals surface area contributed by atoms with Crippen LogP contribution in [0.3, 0.4) is 0 Å². The van der Waals surface area contributed by atoms with Gasteiger partial charge in [0.2, 0.25) is 5.91 Å². The Bertz CT molecular complexity index is 452. The zero-order chi connectivity index (χ0) is 25.1. The van der Waals surface area contributed by atoms with Crippen LogP contribution >= 0.6 is 0 Å². The van der Waals surface area contributed by atoms with Gasteiger partial charge in [0.25, 0.3) is 0 Å². The second-order valence-electron chi connectivity index (χ2n) is 10.2. The van der Waals surface area contributed by atoms with E-state index < -0.39 is 12.1 Å². The highest BCUT2D eigenvalue weighted by Gasteiger charge is 2.17. The van der Waals surface area contributed by atoms with Crippen LogP contribution in [0.4, 0.5) is 0 Å². The molecule has 0 aliphatic carbocycles. The fourth-order valence-electron chi connectivity index (χ4n) is 4.41. The first-order valence-corrected chi connectivity index (χ1v) is 14.9. The number of amides is 1. The molecular weight excluding hydrogens is 422 g/mol. The maximum Gasteiger partial charge on any atom is 0.220 e. The summed E-state index contributed by atoms with van der Waals surface area (Å²) >= 11 is 0. The van der Waals surface area contributed by atoms with Crippen molar-refractivity contribution in [1.29, 1.82) is 0 Å². The Morgan fingerprint density at radius 3 is 1.53 bits per heavy atom. The van der Waals surface area contributed by atoms with Gasteiger partial charge in [0.1, 0.15) is 0 Å². The molecule has 0 rings (SSSR count). The minimum Gasteiger partial charge on any atom is -0.394 e. The van der Waals surface area contributed by atoms with Crippen molar-refractivity contribution >= 4 is 5.91 Å². The van der Waals surface area contributed by atoms with Gasteiger partial charge in [-0.2, -0.15) is 0 Å². The van der Waals surface area contributed by atoms with E-state index in [-0.39, 0.29) is 12.5 Å². The number of unbranched alkanes of at least 4 members (excludes halogenated alkanes) is 19. The lowest BCUT2D eigenvalue weighted by Crippen LogP contribution is -2.45. The summed E-state index contributed by atoms with van der Waals surface area (Å²) in [5.41, 5.74) is 0. The Kier molecular flexibility index (Phi) is 26.0. The van der Waals surface area contributed by atoms with Crippen LogP contribution in [0.1, 0.15) is 155 Å². The molecule has 1 amide bonds. The summed E-state index contributed by atoms with van der Waals surface area (Å²) in [6.07, 6.45) is 29.9. The van der Waals surface area contributed by atoms with E-state index >= 15 is 0 Å². The molecule has 0 saturated heterocycles. The lowest BCUT2D eigenvalue weighted by molar-refractivity contribution is -0.123. The van der Waals surface area contributed by atoms with E-state index in [9.17, 15) is 15.0 Å². The van der Waals surface area contributed by atoms with Crippen molar-refractivity contribution in [2.45, 2.75) is 167 Å². The topological polar surface area (TPSA) is 69.6 Å². The van der Waals surface area contributed by atoms with Crippen LogP contribution in [0, 0.1) is 0 Å². The van der Waals surface area contributed by atoms with Gasteiger partial charge < -0.3 is 15.5 Å². The second kappa shape index (κ2) is 26.7. The van der Waals surface area contributed by atoms with Gasteiger partial charge in [-0.05, 0) is 19.3 Å². The summed E-state index contributed by atoms with van der Waals surface area (Å²) in [4.78, 5) is 12.2. The molecule has 0 aromatic heterocycles. The minimum absolute atomic E-state index is 0.0679. The molecule has 0 spiro atoms. The molecule has 0 radical (unpaired) electrons. The monoisotopic (exact) mass is 481 g/mol. The number of rotatable bonds is 26. The van der Waals surface area contributed by atoms with Crippen molar-refractivity contribution in [3.05, 3.63) is 12.2 Å². The molecule has 4 nitrogen and oxygen atoms in total. The summed E-state index contributed by atoms with van der Waals surface area (Å²) in [6.45, 7) is 4.26. The number of carbonyl (C=O) groups is 1. The number of allylic oxidation sites excluding steroid dienone is 1. The molecule has 0 heterocycles. The summed E-state index contributed by atoms with van der Waals surface area (Å²) in [7, 11) is 0. The molecule has 3 N–H and O–H groups in total. The average molecular weight is 482 g/mol. The first-order chi connectivity index (χ1) is 16.7. The standard InChI is InChI=1S/C30H59NO3/c1-3-5-7-9-11-13-15-16-18-20-22-24-26-30(34)31-28(27-32)29(33)25-23-21-19-17-14-12-10-8-6-4-2/h23,25,28-29,32-33H,3-22,24,26-27H2,1-2H3,(H,31,34)/b25-23+/t28-,29+/m0/s1. The molecule has 0 aromatic rings. The maximum absolute atomic E-state index is 12.2. The average Bonchev–Trinajstić information content (AvgIpc) is 2.84. The Labute approximate surface area is 212 Å². The van der Waals surface area contributed by atoms with Gasteiger partial charge in [-0.1, -0.05) is 142 Å². The summed E-state index contributed by atoms with van der Waals surface area (Å²) in [6, 6.07) is -0.611. The van der Waals surface area contributed by atoms with E-state index in [2.05, 4.69) is 19.2 Å². The normalized spacial score (nSPS) is 13.4. The van der Waals surface area contributed by atoms with Crippen molar-refractivity contribution in [2.24, 2.45) is 0 Å². The third-order valence-electron chi connectivity index (χ3n) is 6.77. The zero-order valence-electron chi connectivity index (χ0n) is 22.9. The van der Waals surface area contributed by atoms with Gasteiger partial charge in [0.15, 0.2) is 0 Å². The van der Waals surface area contributed by atoms with Gasteiger partial charge in [-0.15, -0.1) is 0 Å². The van der Waals surface area contributed by atoms with E-state index in [0.717, 1.165) is 25.7 Å². The van der Waals surface area contributed by atoms with E-state index in [1.165, 1.54) is 109 Å². The molecule has 0 bridgehead atoms. The van der Waals surface area contributed by atoms with Crippen LogP contribution in [0.2, 0.25) is 0 Å². The highest BCUT2D eigenvalue weighted by Crippen LogP contribution is 2.13. The van der Waals surface area contributed by atoms with E-state index in [0.29, 0.717) is 6.42 Å². The van der Waals surface area contributed by atoms with Gasteiger partial charge >= 0.3 is 0 Å². The second-order valence-corrected chi connectivity index (χ2v) is 10.2. The molecule has 0 unspecified atom stereocenters. The number of aliphatic hydroxyl groups is 2. The van der Waals surface area contributed by atoms with Gasteiger partial charge in [0, 0.05) is 6.42 Å². The van der Waals surface area contributed by atoms with Gasteiger partial charge in [0.05, 0.1) is 18.8 Å². The predicted octanol–water partition coefficient (Wildman–Crippen LogP) is 8.00. The number of aliphatic hydroxyl groups excluding tert-OH is 2. The molecule has 4 heteroatoms. The summed E-state index contributed by atoms with van der Waals surface area (Å²) < 4.78 is 0. The fraction of sp³-hybridized carbons (Fsp3) is 0.900. The van der Waals surface area contributed by atoms with Gasteiger partial charge in [-0.25, -0.2) is 0 Å². The van der Waals surface area contributed by atoms with Crippen molar-refractivity contribution in [1.82, 2.24) is 5.32 Å². The Morgan fingerprint density at radius 1 is 0.676 bits per heavy atom. The lowest BCUT2D eigenvalue weighted by atomic mass is 10.0. The quantitative estimate of drug-likeness (QED) is 0.0865. The van der Waals surface area contributed by atoms with E-state index in [1.54, 1.807) is 6.08 Å². The molecule has 0 aromatic carbocycles. The Balaban J connectivity index is 3.68. The van der Waals surface area contributed by atoms with Crippen molar-refractivity contribution in [2.75, 3.05) is 6.61 Å². The van der Waals surface area contributed by atoms with E-state index in [1.807, 2.05) is 6.08 Å². The highest BCUT2D eigenvalue weighted by atomic mass is 16.3. The molecule has 0 aliphatic heterocycles. The first kappa shape index (κ1) is 33.1. The van der Waals surface area contributed by atoms with Crippen LogP contribution in [-0.2, 0) is 4.79 Å². The van der Waals surface area contributed by atoms with Crippen molar-refractivity contribution in [3.8, 4) is 0 Å². The smallest absolute Gasteiger partial charge is 0.220 e. The van der Waals surface area contributed by atoms with E-state index in [4.69, 9.17) is 0 Å². The van der Waals surface area contributed by atoms with Crippen molar-refractivity contribution < 1.29 is 15.0 Å². The first-order valence-electron chi connectivity index (χ1n) is 14.9. The maximum atomic E-state index is 12.2. The third-order valence-corrected chi connectivity index (χ3v) is 6.77. The molecule has 202 valence electrons. The third kappa shape index (κ3) is 22.9. The van der Waals surface area contributed by atoms with Crippen LogP contribution in [0.25, 0.3) is 0 Å². The Hall–Kier alpha value is -0.870. The largest absolute Gasteiger partial charge is 0.394 e. The molecule has 0 aliphatic rings. The van der Waals surface area contributed by atoms with Crippen LogP contribution in [0.5, 0.6) is 0 Å². The van der Waals surface area contributed by atoms with Crippen LogP contribution in [-0.4, -0.2) is 34.9 Å². The lowest BCUT2D eigenvalue weighted by Gasteiger charge is -2.20. The van der Waals surface area contributed by atoms with Crippen LogP contribution in [0.15, 0.2) is 12.2 Å².